The van der Waals surface area contributed by atoms with Gasteiger partial charge in [0.05, 0.1) is 5.69 Å². The van der Waals surface area contributed by atoms with E-state index in [2.05, 4.69) is 15.9 Å². The van der Waals surface area contributed by atoms with Gasteiger partial charge in [-0.05, 0) is 18.2 Å². The minimum absolute atomic E-state index is 0.462. The summed E-state index contributed by atoms with van der Waals surface area (Å²) in [6.07, 6.45) is 0. The Morgan fingerprint density at radius 2 is 2.22 bits per heavy atom. The van der Waals surface area contributed by atoms with Gasteiger partial charge in [0.2, 0.25) is 0 Å². The number of nitrogens with one attached hydrogen (secondary N) is 1. The first-order chi connectivity index (χ1) is 4.33. The summed E-state index contributed by atoms with van der Waals surface area (Å²) in [5.74, 6) is 0. The van der Waals surface area contributed by atoms with E-state index in [1.54, 1.807) is 18.2 Å². The van der Waals surface area contributed by atoms with Crippen LogP contribution in [0.1, 0.15) is 0 Å². The summed E-state index contributed by atoms with van der Waals surface area (Å²) in [4.78, 5) is 0. The first kappa shape index (κ1) is 6.55. The van der Waals surface area contributed by atoms with Gasteiger partial charge in [-0.2, -0.15) is 0 Å². The van der Waals surface area contributed by atoms with Crippen LogP contribution in [-0.4, -0.2) is 0 Å². The van der Waals surface area contributed by atoms with Crippen LogP contribution >= 0.6 is 15.9 Å². The molecule has 48 valence electrons. The molecule has 0 aromatic heterocycles. The molecule has 1 nitrogen and oxygen atoms in total. The molecule has 0 aliphatic carbocycles. The van der Waals surface area contributed by atoms with E-state index in [1.807, 2.05) is 6.07 Å². The van der Waals surface area contributed by atoms with Gasteiger partial charge in [-0.1, -0.05) is 22.0 Å². The van der Waals surface area contributed by atoms with Crippen LogP contribution in [0.2, 0.25) is 0 Å². The minimum Gasteiger partial charge on any atom is -0.225 e. The number of hydrogen-bond donors (Lipinski definition) is 1. The molecule has 0 spiro atoms. The van der Waals surface area contributed by atoms with Crippen LogP contribution in [0.4, 0.5) is 10.2 Å². The third-order valence-corrected chi connectivity index (χ3v) is 1.43. The van der Waals surface area contributed by atoms with Crippen LogP contribution < -0.4 is 5.54 Å². The summed E-state index contributed by atoms with van der Waals surface area (Å²) in [5, 5.41) is 0. The van der Waals surface area contributed by atoms with Crippen LogP contribution in [0, 0.1) is 0 Å². The second-order valence-electron chi connectivity index (χ2n) is 1.60. The van der Waals surface area contributed by atoms with Gasteiger partial charge in [0, 0.05) is 4.47 Å². The first-order valence-electron chi connectivity index (χ1n) is 2.45. The molecule has 0 aliphatic heterocycles. The normalized spacial score (nSPS) is 9.11. The number of anilines is 1. The van der Waals surface area contributed by atoms with Crippen molar-refractivity contribution in [1.29, 1.82) is 0 Å². The van der Waals surface area contributed by atoms with Crippen molar-refractivity contribution >= 4 is 21.6 Å². The van der Waals surface area contributed by atoms with Gasteiger partial charge in [0.1, 0.15) is 0 Å². The molecule has 0 fully saturated rings. The zero-order valence-electron chi connectivity index (χ0n) is 4.57. The van der Waals surface area contributed by atoms with Gasteiger partial charge >= 0.3 is 0 Å². The maximum Gasteiger partial charge on any atom is 0.0666 e. The lowest BCUT2D eigenvalue weighted by Gasteiger charge is -1.93. The molecular weight excluding hydrogens is 185 g/mol. The van der Waals surface area contributed by atoms with Gasteiger partial charge in [0.25, 0.3) is 0 Å². The summed E-state index contributed by atoms with van der Waals surface area (Å²) < 4.78 is 12.5. The van der Waals surface area contributed by atoms with Crippen LogP contribution in [0.5, 0.6) is 0 Å². The molecule has 0 bridgehead atoms. The average Bonchev–Trinajstić information content (AvgIpc) is 1.88. The third-order valence-electron chi connectivity index (χ3n) is 0.934. The largest absolute Gasteiger partial charge is 0.225 e. The van der Waals surface area contributed by atoms with Crippen molar-refractivity contribution in [3.8, 4) is 0 Å². The first-order valence-corrected chi connectivity index (χ1v) is 3.24. The molecule has 1 rings (SSSR count). The number of halogens is 2. The predicted octanol–water partition coefficient (Wildman–Crippen LogP) is 2.75. The highest BCUT2D eigenvalue weighted by molar-refractivity contribution is 9.10. The lowest BCUT2D eigenvalue weighted by molar-refractivity contribution is 0.617. The quantitative estimate of drug-likeness (QED) is 0.671. The molecule has 1 N–H and O–H groups in total. The van der Waals surface area contributed by atoms with Gasteiger partial charge in [0.15, 0.2) is 0 Å². The van der Waals surface area contributed by atoms with E-state index in [0.717, 1.165) is 4.47 Å². The van der Waals surface area contributed by atoms with E-state index in [9.17, 15) is 4.48 Å². The second kappa shape index (κ2) is 2.82. The molecule has 0 aliphatic rings. The van der Waals surface area contributed by atoms with Gasteiger partial charge < -0.3 is 0 Å². The number of hydrogen-bond acceptors (Lipinski definition) is 1. The van der Waals surface area contributed by atoms with Crippen molar-refractivity contribution in [2.45, 2.75) is 0 Å². The molecule has 0 heterocycles. The summed E-state index contributed by atoms with van der Waals surface area (Å²) in [7, 11) is 0. The van der Waals surface area contributed by atoms with E-state index in [4.69, 9.17) is 0 Å². The SMILES string of the molecule is FNc1cccc(Br)c1. The second-order valence-corrected chi connectivity index (χ2v) is 2.52. The Labute approximate surface area is 60.9 Å². The van der Waals surface area contributed by atoms with E-state index >= 15 is 0 Å². The van der Waals surface area contributed by atoms with Crippen LogP contribution in [0.25, 0.3) is 0 Å². The van der Waals surface area contributed by atoms with Crippen molar-refractivity contribution in [1.82, 2.24) is 0 Å². The topological polar surface area (TPSA) is 12.0 Å². The Kier molecular flexibility index (Phi) is 2.05. The van der Waals surface area contributed by atoms with E-state index in [1.165, 1.54) is 5.54 Å². The predicted molar refractivity (Wildman–Crippen MR) is 38.9 cm³/mol. The Hall–Kier alpha value is -0.570. The van der Waals surface area contributed by atoms with Gasteiger partial charge in [-0.25, -0.2) is 5.54 Å². The fraction of sp³-hybridized carbons (Fsp3) is 0. The Morgan fingerprint density at radius 3 is 2.67 bits per heavy atom. The molecule has 3 heteroatoms. The molecule has 0 unspecified atom stereocenters. The van der Waals surface area contributed by atoms with Gasteiger partial charge in [-0.15, -0.1) is 4.48 Å². The molecule has 0 amide bonds. The number of benzene rings is 1. The van der Waals surface area contributed by atoms with E-state index in [0.29, 0.717) is 5.69 Å². The molecule has 0 saturated carbocycles. The molecule has 1 aromatic rings. The zero-order chi connectivity index (χ0) is 6.69. The fourth-order valence-corrected chi connectivity index (χ4v) is 0.946. The van der Waals surface area contributed by atoms with Crippen molar-refractivity contribution in [3.05, 3.63) is 28.7 Å². The van der Waals surface area contributed by atoms with Crippen molar-refractivity contribution < 1.29 is 4.48 Å². The summed E-state index contributed by atoms with van der Waals surface area (Å²) in [6.45, 7) is 0. The standard InChI is InChI=1S/C6H5BrFN/c7-5-2-1-3-6(4-5)9-8/h1-4,9H. The smallest absolute Gasteiger partial charge is 0.0666 e. The lowest BCUT2D eigenvalue weighted by Crippen LogP contribution is -1.78. The average molecular weight is 190 g/mol. The highest BCUT2D eigenvalue weighted by atomic mass is 79.9. The van der Waals surface area contributed by atoms with Crippen molar-refractivity contribution in [2.75, 3.05) is 5.54 Å². The zero-order valence-corrected chi connectivity index (χ0v) is 6.15. The molecule has 9 heavy (non-hydrogen) atoms. The highest BCUT2D eigenvalue weighted by Crippen LogP contribution is 2.14. The Balaban J connectivity index is 2.94. The van der Waals surface area contributed by atoms with Crippen LogP contribution in [0.15, 0.2) is 28.7 Å². The van der Waals surface area contributed by atoms with Crippen LogP contribution in [-0.2, 0) is 0 Å². The Bertz CT molecular complexity index is 202. The van der Waals surface area contributed by atoms with E-state index < -0.39 is 0 Å². The monoisotopic (exact) mass is 189 g/mol. The molecular formula is C6H5BrFN. The fourth-order valence-electron chi connectivity index (χ4n) is 0.547. The maximum absolute atomic E-state index is 11.6. The van der Waals surface area contributed by atoms with Crippen molar-refractivity contribution in [3.63, 3.8) is 0 Å². The molecule has 0 atom stereocenters. The van der Waals surface area contributed by atoms with Crippen molar-refractivity contribution in [2.24, 2.45) is 0 Å². The summed E-state index contributed by atoms with van der Waals surface area (Å²) >= 11 is 3.20. The molecule has 0 saturated heterocycles. The number of rotatable bonds is 1. The molecule has 0 radical (unpaired) electrons. The summed E-state index contributed by atoms with van der Waals surface area (Å²) in [6, 6.07) is 6.89. The minimum atomic E-state index is 0.462. The summed E-state index contributed by atoms with van der Waals surface area (Å²) in [5.41, 5.74) is 2.00. The lowest BCUT2D eigenvalue weighted by atomic mass is 10.3. The Morgan fingerprint density at radius 1 is 1.44 bits per heavy atom. The van der Waals surface area contributed by atoms with Crippen LogP contribution in [0.3, 0.4) is 0 Å². The highest BCUT2D eigenvalue weighted by Gasteiger charge is 1.88. The molecule has 1 aromatic carbocycles. The van der Waals surface area contributed by atoms with E-state index in [-0.39, 0.29) is 0 Å². The maximum atomic E-state index is 11.6. The van der Waals surface area contributed by atoms with Gasteiger partial charge in [-0.3, -0.25) is 0 Å². The third kappa shape index (κ3) is 1.68.